The van der Waals surface area contributed by atoms with Crippen LogP contribution in [0.2, 0.25) is 0 Å². The first-order valence-electron chi connectivity index (χ1n) is 9.67. The monoisotopic (exact) mass is 337 g/mol. The quantitative estimate of drug-likeness (QED) is 0.387. The molecule has 2 N–H and O–H groups in total. The smallest absolute Gasteiger partial charge is 0.0916 e. The molecule has 3 atom stereocenters. The van der Waals surface area contributed by atoms with Crippen LogP contribution in [0.4, 0.5) is 0 Å². The number of nitrogens with zero attached hydrogens (tertiary/aromatic N) is 1. The van der Waals surface area contributed by atoms with Gasteiger partial charge in [0.2, 0.25) is 0 Å². The van der Waals surface area contributed by atoms with Gasteiger partial charge in [0.15, 0.2) is 0 Å². The molecule has 0 aromatic rings. The summed E-state index contributed by atoms with van der Waals surface area (Å²) in [6.07, 6.45) is 10.5. The second-order valence-electron chi connectivity index (χ2n) is 7.02. The van der Waals surface area contributed by atoms with Gasteiger partial charge in [0.1, 0.15) is 0 Å². The fourth-order valence-corrected chi connectivity index (χ4v) is 3.52. The van der Waals surface area contributed by atoms with E-state index >= 15 is 0 Å². The fourth-order valence-electron chi connectivity index (χ4n) is 3.52. The summed E-state index contributed by atoms with van der Waals surface area (Å²) in [6, 6.07) is 2.17. The number of aliphatic hydroxyl groups excluding tert-OH is 2. The Labute approximate surface area is 147 Å². The minimum absolute atomic E-state index is 0.00811. The van der Waals surface area contributed by atoms with Crippen LogP contribution < -0.4 is 0 Å². The highest BCUT2D eigenvalue weighted by Gasteiger charge is 2.37. The van der Waals surface area contributed by atoms with Crippen molar-refractivity contribution in [2.45, 2.75) is 96.7 Å². The average Bonchev–Trinajstić information content (AvgIpc) is 2.94. The summed E-state index contributed by atoms with van der Waals surface area (Å²) < 4.78 is 5.77. The van der Waals surface area contributed by atoms with Gasteiger partial charge in [0.05, 0.1) is 30.6 Å². The van der Waals surface area contributed by atoms with Gasteiger partial charge in [-0.25, -0.2) is 0 Å². The third-order valence-corrected chi connectivity index (χ3v) is 5.05. The molecule has 1 saturated heterocycles. The Bertz CT molecular complexity index is 414. The number of aliphatic hydroxyl groups is 2. The van der Waals surface area contributed by atoms with Crippen molar-refractivity contribution >= 4 is 0 Å². The highest BCUT2D eigenvalue weighted by atomic mass is 16.5. The predicted molar refractivity (Wildman–Crippen MR) is 96.6 cm³/mol. The lowest BCUT2D eigenvalue weighted by molar-refractivity contribution is 0.0800. The molecule has 0 saturated carbocycles. The van der Waals surface area contributed by atoms with Crippen molar-refractivity contribution in [2.75, 3.05) is 6.61 Å². The number of rotatable bonds is 12. The number of hydrogen-bond acceptors (Lipinski definition) is 4. The normalized spacial score (nSPS) is 24.7. The molecule has 0 radical (unpaired) electrons. The van der Waals surface area contributed by atoms with Crippen LogP contribution in [0.5, 0.6) is 0 Å². The van der Waals surface area contributed by atoms with E-state index in [0.29, 0.717) is 25.2 Å². The van der Waals surface area contributed by atoms with E-state index in [9.17, 15) is 10.2 Å². The molecule has 138 valence electrons. The molecule has 0 aliphatic carbocycles. The minimum Gasteiger partial charge on any atom is -0.512 e. The topological polar surface area (TPSA) is 73.5 Å². The molecule has 0 aromatic carbocycles. The van der Waals surface area contributed by atoms with E-state index in [2.05, 4.69) is 13.0 Å². The molecule has 4 nitrogen and oxygen atoms in total. The largest absolute Gasteiger partial charge is 0.512 e. The lowest BCUT2D eigenvalue weighted by Gasteiger charge is -2.22. The van der Waals surface area contributed by atoms with Crippen molar-refractivity contribution < 1.29 is 14.9 Å². The van der Waals surface area contributed by atoms with Crippen LogP contribution in [0.1, 0.15) is 84.5 Å². The molecule has 0 unspecified atom stereocenters. The average molecular weight is 338 g/mol. The van der Waals surface area contributed by atoms with Gasteiger partial charge in [0.25, 0.3) is 0 Å². The molecule has 1 fully saturated rings. The molecule has 1 heterocycles. The molecule has 0 aromatic heterocycles. The highest BCUT2D eigenvalue weighted by Crippen LogP contribution is 2.33. The van der Waals surface area contributed by atoms with Crippen molar-refractivity contribution in [1.82, 2.24) is 0 Å². The van der Waals surface area contributed by atoms with Gasteiger partial charge in [-0.1, -0.05) is 45.4 Å². The van der Waals surface area contributed by atoms with Gasteiger partial charge < -0.3 is 14.9 Å². The first-order chi connectivity index (χ1) is 11.6. The summed E-state index contributed by atoms with van der Waals surface area (Å²) in [6.45, 7) is 4.49. The molecule has 0 bridgehead atoms. The molecule has 4 heteroatoms. The molecule has 0 spiro atoms. The van der Waals surface area contributed by atoms with Gasteiger partial charge in [-0.2, -0.15) is 5.26 Å². The van der Waals surface area contributed by atoms with Crippen LogP contribution in [0, 0.1) is 17.2 Å². The first kappa shape index (κ1) is 21.0. The molecule has 1 aliphatic heterocycles. The van der Waals surface area contributed by atoms with Crippen LogP contribution in [-0.4, -0.2) is 29.0 Å². The van der Waals surface area contributed by atoms with Crippen molar-refractivity contribution in [3.8, 4) is 6.07 Å². The number of ether oxygens (including phenoxy) is 1. The maximum atomic E-state index is 10.4. The van der Waals surface area contributed by atoms with E-state index in [1.54, 1.807) is 0 Å². The summed E-state index contributed by atoms with van der Waals surface area (Å²) in [5, 5.41) is 29.2. The zero-order chi connectivity index (χ0) is 17.8. The van der Waals surface area contributed by atoms with Gasteiger partial charge in [-0.05, 0) is 31.8 Å². The van der Waals surface area contributed by atoms with E-state index in [0.717, 1.165) is 50.5 Å². The van der Waals surface area contributed by atoms with E-state index in [1.807, 2.05) is 6.92 Å². The molecule has 24 heavy (non-hydrogen) atoms. The Morgan fingerprint density at radius 2 is 1.83 bits per heavy atom. The SMILES string of the molecule is CCCCCC/C(O)=C(/C)[C@H]1[C@H](O)CO[C@@H]1CCCCCCC#N. The second-order valence-corrected chi connectivity index (χ2v) is 7.02. The Balaban J connectivity index is 2.44. The van der Waals surface area contributed by atoms with Crippen molar-refractivity contribution in [3.05, 3.63) is 11.3 Å². The van der Waals surface area contributed by atoms with Crippen molar-refractivity contribution in [2.24, 2.45) is 5.92 Å². The van der Waals surface area contributed by atoms with E-state index < -0.39 is 6.10 Å². The minimum atomic E-state index is -0.508. The Morgan fingerprint density at radius 3 is 2.54 bits per heavy atom. The maximum absolute atomic E-state index is 10.4. The van der Waals surface area contributed by atoms with E-state index in [-0.39, 0.29) is 12.0 Å². The number of nitriles is 1. The number of hydrogen-bond donors (Lipinski definition) is 2. The van der Waals surface area contributed by atoms with Crippen molar-refractivity contribution in [1.29, 1.82) is 5.26 Å². The molecule has 1 aliphatic rings. The summed E-state index contributed by atoms with van der Waals surface area (Å²) in [4.78, 5) is 0. The number of unbranched alkanes of at least 4 members (excludes halogenated alkanes) is 7. The second kappa shape index (κ2) is 12.3. The Hall–Kier alpha value is -1.05. The predicted octanol–water partition coefficient (Wildman–Crippen LogP) is 5.03. The maximum Gasteiger partial charge on any atom is 0.0916 e. The van der Waals surface area contributed by atoms with Gasteiger partial charge in [0, 0.05) is 18.8 Å². The van der Waals surface area contributed by atoms with Crippen LogP contribution in [0.25, 0.3) is 0 Å². The van der Waals surface area contributed by atoms with Gasteiger partial charge >= 0.3 is 0 Å². The standard InChI is InChI=1S/C20H35NO3/c1-3-4-5-9-12-17(22)16(2)20-18(23)15-24-19(20)13-10-7-6-8-11-14-21/h18-20,22-23H,3-13,15H2,1-2H3/b17-16+/t18-,19-,20+/m1/s1. The summed E-state index contributed by atoms with van der Waals surface area (Å²) >= 11 is 0. The lowest BCUT2D eigenvalue weighted by Crippen LogP contribution is -2.26. The van der Waals surface area contributed by atoms with Crippen LogP contribution in [0.3, 0.4) is 0 Å². The van der Waals surface area contributed by atoms with Crippen LogP contribution >= 0.6 is 0 Å². The third kappa shape index (κ3) is 7.23. The van der Waals surface area contributed by atoms with E-state index in [4.69, 9.17) is 10.00 Å². The van der Waals surface area contributed by atoms with E-state index in [1.165, 1.54) is 12.8 Å². The zero-order valence-electron chi connectivity index (χ0n) is 15.5. The third-order valence-electron chi connectivity index (χ3n) is 5.05. The molecule has 0 amide bonds. The first-order valence-corrected chi connectivity index (χ1v) is 9.67. The Kier molecular flexibility index (Phi) is 10.8. The summed E-state index contributed by atoms with van der Waals surface area (Å²) in [5.74, 6) is 0.370. The summed E-state index contributed by atoms with van der Waals surface area (Å²) in [7, 11) is 0. The highest BCUT2D eigenvalue weighted by molar-refractivity contribution is 5.14. The molecule has 1 rings (SSSR count). The molecular formula is C20H35NO3. The van der Waals surface area contributed by atoms with Crippen LogP contribution in [-0.2, 0) is 4.74 Å². The number of allylic oxidation sites excluding steroid dienone is 1. The van der Waals surface area contributed by atoms with Gasteiger partial charge in [-0.3, -0.25) is 0 Å². The zero-order valence-corrected chi connectivity index (χ0v) is 15.5. The summed E-state index contributed by atoms with van der Waals surface area (Å²) in [5.41, 5.74) is 0.908. The van der Waals surface area contributed by atoms with Gasteiger partial charge in [-0.15, -0.1) is 0 Å². The fraction of sp³-hybridized carbons (Fsp3) is 0.850. The lowest BCUT2D eigenvalue weighted by atomic mass is 9.87. The molecular weight excluding hydrogens is 302 g/mol. The Morgan fingerprint density at radius 1 is 1.12 bits per heavy atom. The van der Waals surface area contributed by atoms with Crippen LogP contribution in [0.15, 0.2) is 11.3 Å². The van der Waals surface area contributed by atoms with Crippen molar-refractivity contribution in [3.63, 3.8) is 0 Å².